The van der Waals surface area contributed by atoms with Gasteiger partial charge in [-0.2, -0.15) is 0 Å². The zero-order valence-corrected chi connectivity index (χ0v) is 10.2. The summed E-state index contributed by atoms with van der Waals surface area (Å²) in [7, 11) is 5.43. The largest absolute Gasteiger partial charge is 0.468 e. The van der Waals surface area contributed by atoms with Gasteiger partial charge in [0.05, 0.1) is 20.3 Å². The molecule has 1 aliphatic rings. The van der Waals surface area contributed by atoms with Crippen LogP contribution in [-0.4, -0.2) is 51.3 Å². The van der Waals surface area contributed by atoms with E-state index in [1.165, 1.54) is 7.11 Å². The van der Waals surface area contributed by atoms with Gasteiger partial charge in [0.2, 0.25) is 0 Å². The summed E-state index contributed by atoms with van der Waals surface area (Å²) in [6.45, 7) is 5.18. The second kappa shape index (κ2) is 4.49. The molecule has 0 amide bonds. The maximum atomic E-state index is 11.8. The van der Waals surface area contributed by atoms with Gasteiger partial charge in [-0.3, -0.25) is 4.79 Å². The first-order chi connectivity index (χ1) is 6.95. The Labute approximate surface area is 91.5 Å². The van der Waals surface area contributed by atoms with Crippen molar-refractivity contribution in [3.63, 3.8) is 0 Å². The molecule has 1 atom stereocenters. The Morgan fingerprint density at radius 2 is 1.93 bits per heavy atom. The van der Waals surface area contributed by atoms with E-state index in [-0.39, 0.29) is 12.0 Å². The number of methoxy groups -OCH3 is 1. The molecule has 0 aromatic rings. The van der Waals surface area contributed by atoms with Crippen molar-refractivity contribution in [2.24, 2.45) is 11.3 Å². The van der Waals surface area contributed by atoms with Crippen molar-refractivity contribution in [3.8, 4) is 0 Å². The third kappa shape index (κ3) is 2.01. The molecule has 1 saturated heterocycles. The lowest BCUT2D eigenvalue weighted by molar-refractivity contribution is -0.199. The monoisotopic (exact) mass is 215 g/mol. The van der Waals surface area contributed by atoms with Crippen LogP contribution in [0.3, 0.4) is 0 Å². The van der Waals surface area contributed by atoms with E-state index < -0.39 is 5.41 Å². The molecule has 4 heteroatoms. The van der Waals surface area contributed by atoms with Crippen LogP contribution in [0.1, 0.15) is 13.8 Å². The lowest BCUT2D eigenvalue weighted by Crippen LogP contribution is -2.63. The second-order valence-electron chi connectivity index (χ2n) is 4.79. The highest BCUT2D eigenvalue weighted by Gasteiger charge is 2.54. The minimum Gasteiger partial charge on any atom is -0.468 e. The predicted molar refractivity (Wildman–Crippen MR) is 57.6 cm³/mol. The molecular formula is C11H21NO3. The molecule has 1 aliphatic heterocycles. The lowest BCUT2D eigenvalue weighted by Gasteiger charge is -2.48. The highest BCUT2D eigenvalue weighted by atomic mass is 16.5. The first-order valence-electron chi connectivity index (χ1n) is 5.28. The van der Waals surface area contributed by atoms with E-state index in [4.69, 9.17) is 9.47 Å². The zero-order valence-electron chi connectivity index (χ0n) is 10.2. The van der Waals surface area contributed by atoms with Crippen LogP contribution in [0.5, 0.6) is 0 Å². The molecule has 1 fully saturated rings. The molecule has 1 rings (SSSR count). The van der Waals surface area contributed by atoms with Crippen molar-refractivity contribution in [1.29, 1.82) is 0 Å². The van der Waals surface area contributed by atoms with Crippen LogP contribution < -0.4 is 0 Å². The van der Waals surface area contributed by atoms with Gasteiger partial charge in [-0.1, -0.05) is 13.8 Å². The lowest BCUT2D eigenvalue weighted by atomic mass is 9.73. The van der Waals surface area contributed by atoms with Crippen molar-refractivity contribution in [3.05, 3.63) is 0 Å². The number of hydrogen-bond acceptors (Lipinski definition) is 4. The minimum absolute atomic E-state index is 0.152. The normalized spacial score (nSPS) is 21.3. The molecule has 0 spiro atoms. The van der Waals surface area contributed by atoms with Gasteiger partial charge in [0, 0.05) is 6.04 Å². The molecule has 0 radical (unpaired) electrons. The average molecular weight is 215 g/mol. The molecule has 0 aliphatic carbocycles. The fraction of sp³-hybridized carbons (Fsp3) is 0.909. The van der Waals surface area contributed by atoms with Gasteiger partial charge < -0.3 is 14.4 Å². The smallest absolute Gasteiger partial charge is 0.318 e. The SMILES string of the molecule is COC(=O)C1(C(C(C)C)N(C)C)COC1. The van der Waals surface area contributed by atoms with E-state index >= 15 is 0 Å². The first kappa shape index (κ1) is 12.5. The topological polar surface area (TPSA) is 38.8 Å². The molecule has 1 unspecified atom stereocenters. The average Bonchev–Trinajstić information content (AvgIpc) is 2.08. The number of esters is 1. The Morgan fingerprint density at radius 3 is 2.13 bits per heavy atom. The summed E-state index contributed by atoms with van der Waals surface area (Å²) >= 11 is 0. The van der Waals surface area contributed by atoms with Gasteiger partial charge in [0.15, 0.2) is 0 Å². The van der Waals surface area contributed by atoms with Gasteiger partial charge in [-0.05, 0) is 20.0 Å². The van der Waals surface area contributed by atoms with Gasteiger partial charge in [0.25, 0.3) is 0 Å². The predicted octanol–water partition coefficient (Wildman–Crippen LogP) is 0.762. The van der Waals surface area contributed by atoms with Crippen LogP contribution in [0.15, 0.2) is 0 Å². The molecule has 0 bridgehead atoms. The summed E-state index contributed by atoms with van der Waals surface area (Å²) in [5.74, 6) is 0.240. The summed E-state index contributed by atoms with van der Waals surface area (Å²) in [5.41, 5.74) is -0.466. The quantitative estimate of drug-likeness (QED) is 0.649. The molecule has 15 heavy (non-hydrogen) atoms. The number of nitrogens with zero attached hydrogens (tertiary/aromatic N) is 1. The summed E-state index contributed by atoms with van der Waals surface area (Å²) in [4.78, 5) is 13.9. The van der Waals surface area contributed by atoms with E-state index in [2.05, 4.69) is 18.7 Å². The first-order valence-corrected chi connectivity index (χ1v) is 5.28. The van der Waals surface area contributed by atoms with E-state index in [0.29, 0.717) is 19.1 Å². The summed E-state index contributed by atoms with van der Waals surface area (Å²) in [5, 5.41) is 0. The Morgan fingerprint density at radius 1 is 1.40 bits per heavy atom. The zero-order chi connectivity index (χ0) is 11.6. The van der Waals surface area contributed by atoms with E-state index in [1.807, 2.05) is 14.1 Å². The van der Waals surface area contributed by atoms with Crippen LogP contribution in [-0.2, 0) is 14.3 Å². The van der Waals surface area contributed by atoms with Gasteiger partial charge in [0.1, 0.15) is 5.41 Å². The molecule has 4 nitrogen and oxygen atoms in total. The van der Waals surface area contributed by atoms with Crippen molar-refractivity contribution in [2.75, 3.05) is 34.4 Å². The van der Waals surface area contributed by atoms with Crippen molar-refractivity contribution in [2.45, 2.75) is 19.9 Å². The van der Waals surface area contributed by atoms with Crippen LogP contribution in [0.25, 0.3) is 0 Å². The van der Waals surface area contributed by atoms with E-state index in [0.717, 1.165) is 0 Å². The molecule has 1 heterocycles. The standard InChI is InChI=1S/C11H21NO3/c1-8(2)9(12(3)4)11(6-15-7-11)10(13)14-5/h8-9H,6-7H2,1-5H3. The number of hydrogen-bond donors (Lipinski definition) is 0. The summed E-state index contributed by atoms with van der Waals surface area (Å²) < 4.78 is 10.1. The maximum absolute atomic E-state index is 11.8. The van der Waals surface area contributed by atoms with Crippen molar-refractivity contribution in [1.82, 2.24) is 4.90 Å². The maximum Gasteiger partial charge on any atom is 0.318 e. The van der Waals surface area contributed by atoms with Crippen LogP contribution in [0.2, 0.25) is 0 Å². The van der Waals surface area contributed by atoms with Crippen molar-refractivity contribution < 1.29 is 14.3 Å². The van der Waals surface area contributed by atoms with Crippen LogP contribution in [0, 0.1) is 11.3 Å². The van der Waals surface area contributed by atoms with Gasteiger partial charge in [-0.25, -0.2) is 0 Å². The Kier molecular flexibility index (Phi) is 3.73. The molecule has 88 valence electrons. The number of carbonyl (C=O) groups excluding carboxylic acids is 1. The fourth-order valence-electron chi connectivity index (χ4n) is 2.66. The molecule has 0 saturated carbocycles. The van der Waals surface area contributed by atoms with Gasteiger partial charge >= 0.3 is 5.97 Å². The Balaban J connectivity index is 2.92. The van der Waals surface area contributed by atoms with Crippen molar-refractivity contribution >= 4 is 5.97 Å². The second-order valence-corrected chi connectivity index (χ2v) is 4.79. The fourth-order valence-corrected chi connectivity index (χ4v) is 2.66. The highest BCUT2D eigenvalue weighted by Crippen LogP contribution is 2.38. The van der Waals surface area contributed by atoms with E-state index in [9.17, 15) is 4.79 Å². The Hall–Kier alpha value is -0.610. The van der Waals surface area contributed by atoms with E-state index in [1.54, 1.807) is 0 Å². The molecular weight excluding hydrogens is 194 g/mol. The number of rotatable bonds is 4. The number of ether oxygens (including phenoxy) is 2. The molecule has 0 aromatic carbocycles. The van der Waals surface area contributed by atoms with Gasteiger partial charge in [-0.15, -0.1) is 0 Å². The summed E-state index contributed by atoms with van der Waals surface area (Å²) in [6, 6.07) is 0.165. The van der Waals surface area contributed by atoms with Crippen LogP contribution >= 0.6 is 0 Å². The minimum atomic E-state index is -0.466. The third-order valence-electron chi connectivity index (χ3n) is 3.07. The van der Waals surface area contributed by atoms with Crippen LogP contribution in [0.4, 0.5) is 0 Å². The third-order valence-corrected chi connectivity index (χ3v) is 3.07. The Bertz CT molecular complexity index is 226. The summed E-state index contributed by atoms with van der Waals surface area (Å²) in [6.07, 6.45) is 0. The molecule has 0 N–H and O–H groups in total. The number of carbonyl (C=O) groups is 1. The highest BCUT2D eigenvalue weighted by molar-refractivity contribution is 5.79. The molecule has 0 aromatic heterocycles.